The molecule has 0 bridgehead atoms. The van der Waals surface area contributed by atoms with Crippen LogP contribution >= 0.6 is 11.6 Å². The zero-order chi connectivity index (χ0) is 14.8. The molecule has 2 nitrogen and oxygen atoms in total. The van der Waals surface area contributed by atoms with E-state index in [2.05, 4.69) is 0 Å². The molecule has 21 heavy (non-hydrogen) atoms. The van der Waals surface area contributed by atoms with Crippen LogP contribution in [0.15, 0.2) is 60.7 Å². The molecule has 1 N–H and O–H groups in total. The second-order valence-electron chi connectivity index (χ2n) is 4.83. The van der Waals surface area contributed by atoms with Crippen LogP contribution in [0.2, 0.25) is 5.02 Å². The molecular formula is C18H15ClO2. The lowest BCUT2D eigenvalue weighted by Gasteiger charge is -2.17. The van der Waals surface area contributed by atoms with Crippen LogP contribution < -0.4 is 4.74 Å². The Morgan fingerprint density at radius 3 is 2.24 bits per heavy atom. The first-order chi connectivity index (χ1) is 10.2. The molecule has 1 atom stereocenters. The summed E-state index contributed by atoms with van der Waals surface area (Å²) in [6.07, 6.45) is -0.769. The minimum Gasteiger partial charge on any atom is -0.496 e. The van der Waals surface area contributed by atoms with Gasteiger partial charge < -0.3 is 9.84 Å². The van der Waals surface area contributed by atoms with Gasteiger partial charge in [0.25, 0.3) is 0 Å². The summed E-state index contributed by atoms with van der Waals surface area (Å²) in [4.78, 5) is 0. The van der Waals surface area contributed by atoms with Gasteiger partial charge >= 0.3 is 0 Å². The van der Waals surface area contributed by atoms with Crippen LogP contribution in [0, 0.1) is 0 Å². The minimum absolute atomic E-state index is 0.560. The van der Waals surface area contributed by atoms with Crippen molar-refractivity contribution in [2.45, 2.75) is 6.10 Å². The Kier molecular flexibility index (Phi) is 3.82. The highest BCUT2D eigenvalue weighted by molar-refractivity contribution is 6.31. The molecule has 1 unspecified atom stereocenters. The molecule has 0 spiro atoms. The molecule has 0 fully saturated rings. The average Bonchev–Trinajstić information content (AvgIpc) is 2.53. The van der Waals surface area contributed by atoms with Crippen LogP contribution in [0.25, 0.3) is 10.8 Å². The zero-order valence-electron chi connectivity index (χ0n) is 11.6. The molecule has 0 radical (unpaired) electrons. The topological polar surface area (TPSA) is 29.5 Å². The maximum atomic E-state index is 10.7. The summed E-state index contributed by atoms with van der Waals surface area (Å²) >= 11 is 6.19. The SMILES string of the molecule is COc1ccc(C(O)c2ccccc2Cl)c2ccccc12. The third-order valence-corrected chi connectivity index (χ3v) is 3.98. The predicted octanol–water partition coefficient (Wildman–Crippen LogP) is 4.58. The molecule has 3 aromatic rings. The molecule has 3 rings (SSSR count). The summed E-state index contributed by atoms with van der Waals surface area (Å²) in [5.74, 6) is 0.792. The summed E-state index contributed by atoms with van der Waals surface area (Å²) in [5, 5.41) is 13.2. The first-order valence-electron chi connectivity index (χ1n) is 6.70. The highest BCUT2D eigenvalue weighted by atomic mass is 35.5. The number of halogens is 1. The van der Waals surface area contributed by atoms with E-state index < -0.39 is 6.10 Å². The predicted molar refractivity (Wildman–Crippen MR) is 86.0 cm³/mol. The Morgan fingerprint density at radius 1 is 0.857 bits per heavy atom. The molecule has 0 saturated carbocycles. The molecular weight excluding hydrogens is 284 g/mol. The monoisotopic (exact) mass is 298 g/mol. The number of aliphatic hydroxyl groups excluding tert-OH is 1. The highest BCUT2D eigenvalue weighted by Gasteiger charge is 2.17. The third kappa shape index (κ3) is 2.48. The fourth-order valence-electron chi connectivity index (χ4n) is 2.58. The quantitative estimate of drug-likeness (QED) is 0.766. The van der Waals surface area contributed by atoms with Crippen molar-refractivity contribution in [1.82, 2.24) is 0 Å². The van der Waals surface area contributed by atoms with Gasteiger partial charge in [-0.1, -0.05) is 60.1 Å². The minimum atomic E-state index is -0.769. The maximum Gasteiger partial charge on any atom is 0.126 e. The Bertz CT molecular complexity index is 783. The maximum absolute atomic E-state index is 10.7. The summed E-state index contributed by atoms with van der Waals surface area (Å²) in [6.45, 7) is 0. The van der Waals surface area contributed by atoms with Crippen LogP contribution in [-0.2, 0) is 0 Å². The van der Waals surface area contributed by atoms with Gasteiger partial charge in [0.1, 0.15) is 11.9 Å². The van der Waals surface area contributed by atoms with Crippen LogP contribution in [0.1, 0.15) is 17.2 Å². The number of rotatable bonds is 3. The van der Waals surface area contributed by atoms with Crippen LogP contribution in [0.4, 0.5) is 0 Å². The molecule has 0 saturated heterocycles. The van der Waals surface area contributed by atoms with Gasteiger partial charge in [-0.05, 0) is 23.1 Å². The van der Waals surface area contributed by atoms with Crippen molar-refractivity contribution >= 4 is 22.4 Å². The Balaban J connectivity index is 2.19. The van der Waals surface area contributed by atoms with E-state index in [1.165, 1.54) is 0 Å². The third-order valence-electron chi connectivity index (χ3n) is 3.63. The van der Waals surface area contributed by atoms with Crippen molar-refractivity contribution in [3.05, 3.63) is 76.8 Å². The molecule has 106 valence electrons. The Morgan fingerprint density at radius 2 is 1.52 bits per heavy atom. The number of ether oxygens (including phenoxy) is 1. The summed E-state index contributed by atoms with van der Waals surface area (Å²) in [6, 6.07) is 19.0. The van der Waals surface area contributed by atoms with Crippen LogP contribution in [-0.4, -0.2) is 12.2 Å². The smallest absolute Gasteiger partial charge is 0.126 e. The molecule has 0 aliphatic rings. The highest BCUT2D eigenvalue weighted by Crippen LogP contribution is 2.35. The van der Waals surface area contributed by atoms with E-state index in [-0.39, 0.29) is 0 Å². The summed E-state index contributed by atoms with van der Waals surface area (Å²) < 4.78 is 5.38. The van der Waals surface area contributed by atoms with Gasteiger partial charge in [0, 0.05) is 16.0 Å². The van der Waals surface area contributed by atoms with E-state index in [1.54, 1.807) is 13.2 Å². The lowest BCUT2D eigenvalue weighted by Crippen LogP contribution is -2.02. The van der Waals surface area contributed by atoms with E-state index in [0.717, 1.165) is 22.1 Å². The van der Waals surface area contributed by atoms with Gasteiger partial charge in [0.2, 0.25) is 0 Å². The largest absolute Gasteiger partial charge is 0.496 e. The van der Waals surface area contributed by atoms with Crippen molar-refractivity contribution < 1.29 is 9.84 Å². The molecule has 0 heterocycles. The molecule has 3 heteroatoms. The number of benzene rings is 3. The van der Waals surface area contributed by atoms with Crippen molar-refractivity contribution in [3.63, 3.8) is 0 Å². The molecule has 0 aromatic heterocycles. The number of hydrogen-bond donors (Lipinski definition) is 1. The van der Waals surface area contributed by atoms with E-state index in [1.807, 2.05) is 54.6 Å². The molecule has 0 aliphatic carbocycles. The van der Waals surface area contributed by atoms with E-state index in [9.17, 15) is 5.11 Å². The van der Waals surface area contributed by atoms with Crippen molar-refractivity contribution in [1.29, 1.82) is 0 Å². The molecule has 0 amide bonds. The summed E-state index contributed by atoms with van der Waals surface area (Å²) in [7, 11) is 1.64. The van der Waals surface area contributed by atoms with E-state index >= 15 is 0 Å². The second-order valence-corrected chi connectivity index (χ2v) is 5.23. The van der Waals surface area contributed by atoms with Crippen LogP contribution in [0.5, 0.6) is 5.75 Å². The van der Waals surface area contributed by atoms with Gasteiger partial charge in [-0.15, -0.1) is 0 Å². The van der Waals surface area contributed by atoms with Gasteiger partial charge in [0.05, 0.1) is 7.11 Å². The van der Waals surface area contributed by atoms with Crippen molar-refractivity contribution in [2.24, 2.45) is 0 Å². The second kappa shape index (κ2) is 5.76. The lowest BCUT2D eigenvalue weighted by atomic mass is 9.95. The number of aliphatic hydroxyl groups is 1. The molecule has 0 aliphatic heterocycles. The fraction of sp³-hybridized carbons (Fsp3) is 0.111. The fourth-order valence-corrected chi connectivity index (χ4v) is 2.81. The van der Waals surface area contributed by atoms with Crippen LogP contribution in [0.3, 0.4) is 0 Å². The van der Waals surface area contributed by atoms with E-state index in [4.69, 9.17) is 16.3 Å². The number of fused-ring (bicyclic) bond motifs is 1. The van der Waals surface area contributed by atoms with Crippen molar-refractivity contribution in [2.75, 3.05) is 7.11 Å². The lowest BCUT2D eigenvalue weighted by molar-refractivity contribution is 0.222. The Labute approximate surface area is 128 Å². The normalized spacial score (nSPS) is 12.3. The van der Waals surface area contributed by atoms with Crippen molar-refractivity contribution in [3.8, 4) is 5.75 Å². The van der Waals surface area contributed by atoms with Gasteiger partial charge in [-0.3, -0.25) is 0 Å². The molecule has 3 aromatic carbocycles. The van der Waals surface area contributed by atoms with Gasteiger partial charge in [-0.2, -0.15) is 0 Å². The zero-order valence-corrected chi connectivity index (χ0v) is 12.3. The first kappa shape index (κ1) is 13.9. The van der Waals surface area contributed by atoms with Gasteiger partial charge in [0.15, 0.2) is 0 Å². The average molecular weight is 299 g/mol. The van der Waals surface area contributed by atoms with Gasteiger partial charge in [-0.25, -0.2) is 0 Å². The Hall–Kier alpha value is -2.03. The number of hydrogen-bond acceptors (Lipinski definition) is 2. The summed E-state index contributed by atoms with van der Waals surface area (Å²) in [5.41, 5.74) is 1.52. The number of methoxy groups -OCH3 is 1. The first-order valence-corrected chi connectivity index (χ1v) is 7.08. The van der Waals surface area contributed by atoms with E-state index in [0.29, 0.717) is 10.6 Å². The standard InChI is InChI=1S/C18H15ClO2/c1-21-17-11-10-14(12-6-2-3-7-13(12)17)18(20)15-8-4-5-9-16(15)19/h2-11,18,20H,1H3.